The van der Waals surface area contributed by atoms with Crippen LogP contribution in [-0.4, -0.2) is 12.2 Å². The van der Waals surface area contributed by atoms with Crippen molar-refractivity contribution in [2.75, 3.05) is 12.4 Å². The minimum Gasteiger partial charge on any atom is -0.369 e. The maximum Gasteiger partial charge on any atom is 0.188 e. The Morgan fingerprint density at radius 3 is 2.88 bits per heavy atom. The van der Waals surface area contributed by atoms with E-state index >= 15 is 0 Å². The van der Waals surface area contributed by atoms with Gasteiger partial charge in [0.05, 0.1) is 0 Å². The van der Waals surface area contributed by atoms with E-state index in [0.717, 1.165) is 0 Å². The summed E-state index contributed by atoms with van der Waals surface area (Å²) in [5, 5.41) is 6.76. The van der Waals surface area contributed by atoms with E-state index in [4.69, 9.17) is 11.6 Å². The fourth-order valence-electron chi connectivity index (χ4n) is 0.390. The first kappa shape index (κ1) is 5.44. The van der Waals surface area contributed by atoms with Gasteiger partial charge in [-0.2, -0.15) is 0 Å². The Morgan fingerprint density at radius 2 is 2.62 bits per heavy atom. The predicted molar refractivity (Wildman–Crippen MR) is 31.1 cm³/mol. The van der Waals surface area contributed by atoms with E-state index in [1.54, 1.807) is 7.05 Å². The maximum absolute atomic E-state index is 5.52. The van der Waals surface area contributed by atoms with Gasteiger partial charge in [0.1, 0.15) is 11.3 Å². The smallest absolute Gasteiger partial charge is 0.188 e. The van der Waals surface area contributed by atoms with Gasteiger partial charge in [-0.15, -0.1) is 0 Å². The molecule has 0 saturated carbocycles. The van der Waals surface area contributed by atoms with Crippen LogP contribution in [0, 0.1) is 0 Å². The molecule has 0 aliphatic rings. The third kappa shape index (κ3) is 0.767. The summed E-state index contributed by atoms with van der Waals surface area (Å²) in [6.07, 6.45) is 1.37. The summed E-state index contributed by atoms with van der Waals surface area (Å²) >= 11 is 5.52. The van der Waals surface area contributed by atoms with Crippen LogP contribution >= 0.6 is 11.6 Å². The highest BCUT2D eigenvalue weighted by Crippen LogP contribution is 2.17. The van der Waals surface area contributed by atoms with Crippen molar-refractivity contribution >= 4 is 17.4 Å². The van der Waals surface area contributed by atoms with Gasteiger partial charge in [-0.25, -0.2) is 0 Å². The Balaban J connectivity index is 2.92. The van der Waals surface area contributed by atoms with Crippen LogP contribution in [0.3, 0.4) is 0 Å². The highest BCUT2D eigenvalue weighted by molar-refractivity contribution is 6.32. The first-order valence-electron chi connectivity index (χ1n) is 2.12. The molecule has 8 heavy (non-hydrogen) atoms. The molecule has 3 nitrogen and oxygen atoms in total. The molecule has 1 N–H and O–H groups in total. The number of hydrogen-bond acceptors (Lipinski definition) is 3. The molecule has 1 aromatic rings. The number of aromatic nitrogens is 1. The Hall–Kier alpha value is -0.700. The molecular weight excluding hydrogens is 128 g/mol. The molecule has 0 fully saturated rings. The summed E-state index contributed by atoms with van der Waals surface area (Å²) in [6, 6.07) is 0. The second-order valence-electron chi connectivity index (χ2n) is 1.26. The quantitative estimate of drug-likeness (QED) is 0.627. The van der Waals surface area contributed by atoms with Gasteiger partial charge in [0, 0.05) is 7.05 Å². The van der Waals surface area contributed by atoms with E-state index in [-0.39, 0.29) is 0 Å². The normalized spacial score (nSPS) is 9.25. The van der Waals surface area contributed by atoms with Crippen LogP contribution in [0.5, 0.6) is 0 Å². The summed E-state index contributed by atoms with van der Waals surface area (Å²) in [7, 11) is 1.73. The van der Waals surface area contributed by atoms with Gasteiger partial charge < -0.3 is 9.84 Å². The first-order valence-corrected chi connectivity index (χ1v) is 2.50. The summed E-state index contributed by atoms with van der Waals surface area (Å²) in [5.74, 6) is 0.576. The number of anilines is 1. The van der Waals surface area contributed by atoms with Crippen LogP contribution in [0.4, 0.5) is 5.82 Å². The lowest BCUT2D eigenvalue weighted by Crippen LogP contribution is -1.86. The number of rotatable bonds is 1. The largest absolute Gasteiger partial charge is 0.369 e. The van der Waals surface area contributed by atoms with Crippen LogP contribution in [0.15, 0.2) is 10.8 Å². The topological polar surface area (TPSA) is 38.1 Å². The fraction of sp³-hybridized carbons (Fsp3) is 0.250. The van der Waals surface area contributed by atoms with Crippen LogP contribution in [0.2, 0.25) is 5.02 Å². The fourth-order valence-corrected chi connectivity index (χ4v) is 0.559. The molecule has 0 bridgehead atoms. The minimum atomic E-state index is 0.507. The average molecular weight is 133 g/mol. The lowest BCUT2D eigenvalue weighted by Gasteiger charge is -1.86. The van der Waals surface area contributed by atoms with Crippen LogP contribution in [-0.2, 0) is 0 Å². The predicted octanol–water partition coefficient (Wildman–Crippen LogP) is 1.37. The van der Waals surface area contributed by atoms with E-state index in [1.165, 1.54) is 6.26 Å². The number of halogens is 1. The molecule has 1 rings (SSSR count). The number of nitrogens with zero attached hydrogens (tertiary/aromatic N) is 1. The van der Waals surface area contributed by atoms with Crippen LogP contribution < -0.4 is 5.32 Å². The summed E-state index contributed by atoms with van der Waals surface area (Å²) in [6.45, 7) is 0. The van der Waals surface area contributed by atoms with Gasteiger partial charge in [0.2, 0.25) is 0 Å². The molecule has 0 amide bonds. The summed E-state index contributed by atoms with van der Waals surface area (Å²) in [5.41, 5.74) is 0. The van der Waals surface area contributed by atoms with Gasteiger partial charge in [-0.1, -0.05) is 16.8 Å². The standard InChI is InChI=1S/C4H5ClN2O/c1-6-4-3(5)2-8-7-4/h2H,1H3,(H,6,7). The number of nitrogens with one attached hydrogen (secondary N) is 1. The zero-order chi connectivity index (χ0) is 5.98. The molecule has 1 heterocycles. The van der Waals surface area contributed by atoms with E-state index in [0.29, 0.717) is 10.8 Å². The van der Waals surface area contributed by atoms with Gasteiger partial charge >= 0.3 is 0 Å². The Bertz CT molecular complexity index is 174. The second-order valence-corrected chi connectivity index (χ2v) is 1.67. The SMILES string of the molecule is CNc1nocc1Cl. The Morgan fingerprint density at radius 1 is 1.88 bits per heavy atom. The van der Waals surface area contributed by atoms with Crippen molar-refractivity contribution in [1.82, 2.24) is 5.16 Å². The zero-order valence-electron chi connectivity index (χ0n) is 4.31. The van der Waals surface area contributed by atoms with E-state index in [2.05, 4.69) is 15.0 Å². The molecule has 0 aliphatic heterocycles. The van der Waals surface area contributed by atoms with E-state index < -0.39 is 0 Å². The Kier molecular flexibility index (Phi) is 1.39. The second kappa shape index (κ2) is 2.05. The zero-order valence-corrected chi connectivity index (χ0v) is 5.07. The van der Waals surface area contributed by atoms with Crippen molar-refractivity contribution in [2.24, 2.45) is 0 Å². The summed E-state index contributed by atoms with van der Waals surface area (Å²) < 4.78 is 4.49. The maximum atomic E-state index is 5.52. The molecule has 0 aliphatic carbocycles. The molecule has 0 spiro atoms. The lowest BCUT2D eigenvalue weighted by atomic mass is 10.6. The van der Waals surface area contributed by atoms with Crippen molar-refractivity contribution in [3.63, 3.8) is 0 Å². The van der Waals surface area contributed by atoms with Crippen LogP contribution in [0.1, 0.15) is 0 Å². The Labute approximate surface area is 51.6 Å². The van der Waals surface area contributed by atoms with Crippen molar-refractivity contribution in [1.29, 1.82) is 0 Å². The first-order chi connectivity index (χ1) is 3.84. The van der Waals surface area contributed by atoms with E-state index in [9.17, 15) is 0 Å². The molecule has 1 aromatic heterocycles. The molecule has 0 radical (unpaired) electrons. The van der Waals surface area contributed by atoms with Gasteiger partial charge in [-0.05, 0) is 0 Å². The molecule has 44 valence electrons. The number of hydrogen-bond donors (Lipinski definition) is 1. The lowest BCUT2D eigenvalue weighted by molar-refractivity contribution is 0.422. The monoisotopic (exact) mass is 132 g/mol. The van der Waals surface area contributed by atoms with Gasteiger partial charge in [-0.3, -0.25) is 0 Å². The van der Waals surface area contributed by atoms with Crippen molar-refractivity contribution in [3.8, 4) is 0 Å². The average Bonchev–Trinajstić information content (AvgIpc) is 2.14. The van der Waals surface area contributed by atoms with Gasteiger partial charge in [0.15, 0.2) is 5.82 Å². The molecule has 0 saturated heterocycles. The van der Waals surface area contributed by atoms with Crippen molar-refractivity contribution in [2.45, 2.75) is 0 Å². The van der Waals surface area contributed by atoms with Crippen molar-refractivity contribution < 1.29 is 4.52 Å². The van der Waals surface area contributed by atoms with Crippen LogP contribution in [0.25, 0.3) is 0 Å². The van der Waals surface area contributed by atoms with Gasteiger partial charge in [0.25, 0.3) is 0 Å². The minimum absolute atomic E-state index is 0.507. The van der Waals surface area contributed by atoms with E-state index in [1.807, 2.05) is 0 Å². The molecular formula is C4H5ClN2O. The molecule has 0 unspecified atom stereocenters. The molecule has 0 atom stereocenters. The molecule has 4 heteroatoms. The highest BCUT2D eigenvalue weighted by atomic mass is 35.5. The molecule has 0 aromatic carbocycles. The van der Waals surface area contributed by atoms with Crippen molar-refractivity contribution in [3.05, 3.63) is 11.3 Å². The highest BCUT2D eigenvalue weighted by Gasteiger charge is 1.98. The summed E-state index contributed by atoms with van der Waals surface area (Å²) in [4.78, 5) is 0. The third-order valence-corrected chi connectivity index (χ3v) is 1.03. The third-order valence-electron chi connectivity index (χ3n) is 0.763.